The van der Waals surface area contributed by atoms with Crippen LogP contribution in [0.4, 0.5) is 0 Å². The van der Waals surface area contributed by atoms with E-state index in [-0.39, 0.29) is 5.92 Å². The smallest absolute Gasteiger partial charge is 0.222 e. The fourth-order valence-electron chi connectivity index (χ4n) is 4.34. The summed E-state index contributed by atoms with van der Waals surface area (Å²) in [5.74, 6) is 0.563. The average molecular weight is 355 g/mol. The molecule has 140 valence electrons. The summed E-state index contributed by atoms with van der Waals surface area (Å²) in [7, 11) is 0. The second-order valence-corrected chi connectivity index (χ2v) is 7.69. The lowest BCUT2D eigenvalue weighted by Crippen LogP contribution is -2.41. The zero-order chi connectivity index (χ0) is 17.9. The molecule has 0 saturated carbocycles. The Morgan fingerprint density at radius 2 is 2.08 bits per heavy atom. The van der Waals surface area contributed by atoms with Crippen molar-refractivity contribution in [2.45, 2.75) is 38.8 Å². The van der Waals surface area contributed by atoms with Crippen LogP contribution in [-0.4, -0.2) is 59.6 Å². The summed E-state index contributed by atoms with van der Waals surface area (Å²) in [5.41, 5.74) is 2.52. The molecule has 26 heavy (non-hydrogen) atoms. The average Bonchev–Trinajstić information content (AvgIpc) is 3.31. The number of benzene rings is 1. The van der Waals surface area contributed by atoms with E-state index in [4.69, 9.17) is 4.74 Å². The van der Waals surface area contributed by atoms with Crippen LogP contribution in [0, 0.1) is 5.92 Å². The first-order chi connectivity index (χ1) is 12.7. The number of aromatic amines is 1. The highest BCUT2D eigenvalue weighted by molar-refractivity contribution is 5.82. The maximum atomic E-state index is 12.6. The Balaban J connectivity index is 1.47. The minimum absolute atomic E-state index is 0.260. The van der Waals surface area contributed by atoms with Gasteiger partial charge in [0.1, 0.15) is 0 Å². The van der Waals surface area contributed by atoms with Crippen LogP contribution < -0.4 is 0 Å². The van der Waals surface area contributed by atoms with Gasteiger partial charge in [-0.1, -0.05) is 12.1 Å². The third-order valence-electron chi connectivity index (χ3n) is 6.07. The van der Waals surface area contributed by atoms with Gasteiger partial charge in [-0.05, 0) is 37.5 Å². The molecule has 0 aliphatic carbocycles. The van der Waals surface area contributed by atoms with E-state index >= 15 is 0 Å². The van der Waals surface area contributed by atoms with E-state index in [0.717, 1.165) is 45.6 Å². The number of likely N-dealkylation sites (tertiary alicyclic amines) is 1. The van der Waals surface area contributed by atoms with E-state index in [1.54, 1.807) is 0 Å². The lowest BCUT2D eigenvalue weighted by atomic mass is 9.95. The Labute approximate surface area is 155 Å². The molecule has 1 aromatic heterocycles. The Hall–Kier alpha value is -1.85. The Bertz CT molecular complexity index is 751. The molecule has 4 rings (SSSR count). The van der Waals surface area contributed by atoms with Gasteiger partial charge in [0.15, 0.2) is 0 Å². The van der Waals surface area contributed by atoms with E-state index in [1.165, 1.54) is 16.5 Å². The standard InChI is InChI=1S/C21H29N3O2/c1-16-18(13-21(25)23-9-2-3-10-23)15-26-12-11-24(16)14-17-5-4-6-20-19(17)7-8-22-20/h4-8,16,18,22H,2-3,9-15H2,1H3/t16-,18+/m1/s1. The van der Waals surface area contributed by atoms with E-state index < -0.39 is 0 Å². The normalized spacial score (nSPS) is 24.9. The number of carbonyl (C=O) groups is 1. The molecule has 0 bridgehead atoms. The molecule has 2 aliphatic rings. The largest absolute Gasteiger partial charge is 0.380 e. The molecule has 2 aromatic rings. The number of amides is 1. The highest BCUT2D eigenvalue weighted by atomic mass is 16.5. The molecule has 0 unspecified atom stereocenters. The van der Waals surface area contributed by atoms with Crippen LogP contribution in [0.1, 0.15) is 31.7 Å². The van der Waals surface area contributed by atoms with Crippen molar-refractivity contribution >= 4 is 16.8 Å². The van der Waals surface area contributed by atoms with E-state index in [9.17, 15) is 4.79 Å². The number of nitrogens with zero attached hydrogens (tertiary/aromatic N) is 2. The maximum Gasteiger partial charge on any atom is 0.222 e. The minimum atomic E-state index is 0.260. The summed E-state index contributed by atoms with van der Waals surface area (Å²) in [6.45, 7) is 7.35. The molecule has 5 heteroatoms. The maximum absolute atomic E-state index is 12.6. The van der Waals surface area contributed by atoms with Crippen LogP contribution in [0.25, 0.3) is 10.9 Å². The second-order valence-electron chi connectivity index (χ2n) is 7.69. The first-order valence-corrected chi connectivity index (χ1v) is 9.87. The summed E-state index contributed by atoms with van der Waals surface area (Å²) < 4.78 is 5.86. The molecule has 0 radical (unpaired) electrons. The van der Waals surface area contributed by atoms with Gasteiger partial charge in [0.05, 0.1) is 13.2 Å². The third kappa shape index (κ3) is 3.64. The number of hydrogen-bond acceptors (Lipinski definition) is 3. The zero-order valence-corrected chi connectivity index (χ0v) is 15.6. The van der Waals surface area contributed by atoms with Crippen LogP contribution >= 0.6 is 0 Å². The second kappa shape index (κ2) is 7.80. The SMILES string of the molecule is C[C@@H]1[C@@H](CC(=O)N2CCCC2)COCCN1Cc1cccc2[nH]ccc12. The summed E-state index contributed by atoms with van der Waals surface area (Å²) >= 11 is 0. The number of H-pyrrole nitrogens is 1. The fourth-order valence-corrected chi connectivity index (χ4v) is 4.34. The molecule has 0 spiro atoms. The van der Waals surface area contributed by atoms with E-state index in [0.29, 0.717) is 25.0 Å². The van der Waals surface area contributed by atoms with Gasteiger partial charge < -0.3 is 14.6 Å². The van der Waals surface area contributed by atoms with Crippen LogP contribution in [0.15, 0.2) is 30.5 Å². The van der Waals surface area contributed by atoms with Crippen LogP contribution in [0.3, 0.4) is 0 Å². The number of ether oxygens (including phenoxy) is 1. The molecule has 3 heterocycles. The van der Waals surface area contributed by atoms with Crippen molar-refractivity contribution in [3.05, 3.63) is 36.0 Å². The molecule has 1 amide bonds. The lowest BCUT2D eigenvalue weighted by molar-refractivity contribution is -0.132. The van der Waals surface area contributed by atoms with Crippen molar-refractivity contribution in [1.82, 2.24) is 14.8 Å². The van der Waals surface area contributed by atoms with Crippen LogP contribution in [-0.2, 0) is 16.1 Å². The Morgan fingerprint density at radius 1 is 1.23 bits per heavy atom. The first-order valence-electron chi connectivity index (χ1n) is 9.87. The molecule has 2 atom stereocenters. The third-order valence-corrected chi connectivity index (χ3v) is 6.07. The van der Waals surface area contributed by atoms with Crippen molar-refractivity contribution in [1.29, 1.82) is 0 Å². The summed E-state index contributed by atoms with van der Waals surface area (Å²) in [6.07, 6.45) is 4.90. The number of carbonyl (C=O) groups excluding carboxylic acids is 1. The van der Waals surface area contributed by atoms with E-state index in [1.807, 2.05) is 11.1 Å². The summed E-state index contributed by atoms with van der Waals surface area (Å²) in [5, 5.41) is 1.29. The minimum Gasteiger partial charge on any atom is -0.380 e. The van der Waals surface area contributed by atoms with Crippen molar-refractivity contribution in [2.24, 2.45) is 5.92 Å². The molecule has 1 aromatic carbocycles. The molecule has 2 aliphatic heterocycles. The molecular weight excluding hydrogens is 326 g/mol. The van der Waals surface area contributed by atoms with Crippen LogP contribution in [0.5, 0.6) is 0 Å². The quantitative estimate of drug-likeness (QED) is 0.917. The highest BCUT2D eigenvalue weighted by Gasteiger charge is 2.30. The Morgan fingerprint density at radius 3 is 2.92 bits per heavy atom. The van der Waals surface area contributed by atoms with Crippen molar-refractivity contribution in [2.75, 3.05) is 32.8 Å². The molecule has 1 N–H and O–H groups in total. The predicted octanol–water partition coefficient (Wildman–Crippen LogP) is 3.02. The van der Waals surface area contributed by atoms with Gasteiger partial charge in [0.25, 0.3) is 0 Å². The lowest BCUT2D eigenvalue weighted by Gasteiger charge is -2.32. The van der Waals surface area contributed by atoms with Gasteiger partial charge in [-0.15, -0.1) is 0 Å². The van der Waals surface area contributed by atoms with E-state index in [2.05, 4.69) is 41.1 Å². The number of rotatable bonds is 4. The molecular formula is C21H29N3O2. The van der Waals surface area contributed by atoms with Gasteiger partial charge in [-0.3, -0.25) is 9.69 Å². The van der Waals surface area contributed by atoms with Crippen molar-refractivity contribution < 1.29 is 9.53 Å². The number of nitrogens with one attached hydrogen (secondary N) is 1. The van der Waals surface area contributed by atoms with Crippen molar-refractivity contribution in [3.8, 4) is 0 Å². The van der Waals surface area contributed by atoms with Crippen molar-refractivity contribution in [3.63, 3.8) is 0 Å². The highest BCUT2D eigenvalue weighted by Crippen LogP contribution is 2.25. The fraction of sp³-hybridized carbons (Fsp3) is 0.571. The summed E-state index contributed by atoms with van der Waals surface area (Å²) in [4.78, 5) is 20.4. The zero-order valence-electron chi connectivity index (χ0n) is 15.6. The van der Waals surface area contributed by atoms with Gasteiger partial charge in [-0.25, -0.2) is 0 Å². The molecule has 2 fully saturated rings. The number of hydrogen-bond donors (Lipinski definition) is 1. The van der Waals surface area contributed by atoms with Gasteiger partial charge in [0.2, 0.25) is 5.91 Å². The number of fused-ring (bicyclic) bond motifs is 1. The predicted molar refractivity (Wildman–Crippen MR) is 103 cm³/mol. The first kappa shape index (κ1) is 17.6. The topological polar surface area (TPSA) is 48.6 Å². The van der Waals surface area contributed by atoms with Gasteiger partial charge >= 0.3 is 0 Å². The van der Waals surface area contributed by atoms with Gasteiger partial charge in [-0.2, -0.15) is 0 Å². The number of aromatic nitrogens is 1. The summed E-state index contributed by atoms with van der Waals surface area (Å²) in [6, 6.07) is 8.92. The van der Waals surface area contributed by atoms with Crippen LogP contribution in [0.2, 0.25) is 0 Å². The molecule has 2 saturated heterocycles. The van der Waals surface area contributed by atoms with Gasteiger partial charge in [0, 0.05) is 61.7 Å². The Kier molecular flexibility index (Phi) is 5.27. The monoisotopic (exact) mass is 355 g/mol. The molecule has 5 nitrogen and oxygen atoms in total.